The number of hydrogen-bond acceptors (Lipinski definition) is 6. The SMILES string of the molecule is CO[C@@H]1[C@H]2OC3O[C@@H]1[C@H](O)[C@H](O3)[C@H]2OCc1ccccc1. The van der Waals surface area contributed by atoms with Crippen molar-refractivity contribution < 1.29 is 28.8 Å². The third-order valence-electron chi connectivity index (χ3n) is 4.33. The average molecular weight is 294 g/mol. The number of rotatable bonds is 4. The molecule has 1 aromatic rings. The summed E-state index contributed by atoms with van der Waals surface area (Å²) in [6.07, 6.45) is -2.65. The number of aliphatic hydroxyl groups excluding tert-OH is 1. The Bertz CT molecular complexity index is 494. The molecule has 0 amide bonds. The lowest BCUT2D eigenvalue weighted by Gasteiger charge is -2.57. The zero-order valence-electron chi connectivity index (χ0n) is 11.6. The summed E-state index contributed by atoms with van der Waals surface area (Å²) >= 11 is 0. The van der Waals surface area contributed by atoms with Crippen molar-refractivity contribution in [2.24, 2.45) is 0 Å². The molecule has 0 radical (unpaired) electrons. The monoisotopic (exact) mass is 294 g/mol. The Kier molecular flexibility index (Phi) is 3.45. The van der Waals surface area contributed by atoms with Gasteiger partial charge in [-0.3, -0.25) is 0 Å². The van der Waals surface area contributed by atoms with Gasteiger partial charge in [0.15, 0.2) is 0 Å². The molecule has 5 rings (SSSR count). The molecule has 3 aliphatic heterocycles. The Hall–Kier alpha value is -1.02. The highest BCUT2D eigenvalue weighted by Gasteiger charge is 2.62. The molecule has 6 heteroatoms. The summed E-state index contributed by atoms with van der Waals surface area (Å²) in [5, 5.41) is 10.3. The maximum absolute atomic E-state index is 10.3. The van der Waals surface area contributed by atoms with Crippen LogP contribution in [0.5, 0.6) is 0 Å². The minimum Gasteiger partial charge on any atom is -0.387 e. The van der Waals surface area contributed by atoms with E-state index in [0.717, 1.165) is 5.56 Å². The molecular weight excluding hydrogens is 276 g/mol. The van der Waals surface area contributed by atoms with Crippen molar-refractivity contribution >= 4 is 0 Å². The lowest BCUT2D eigenvalue weighted by atomic mass is 9.82. The van der Waals surface area contributed by atoms with Crippen LogP contribution < -0.4 is 0 Å². The number of hydrogen-bond donors (Lipinski definition) is 1. The van der Waals surface area contributed by atoms with Crippen LogP contribution in [0.4, 0.5) is 0 Å². The van der Waals surface area contributed by atoms with Crippen molar-refractivity contribution in [2.75, 3.05) is 7.11 Å². The van der Waals surface area contributed by atoms with E-state index in [9.17, 15) is 5.11 Å². The summed E-state index contributed by atoms with van der Waals surface area (Å²) in [5.74, 6) is 0. The zero-order valence-corrected chi connectivity index (χ0v) is 11.6. The molecule has 0 aromatic heterocycles. The molecule has 4 aliphatic rings. The summed E-state index contributed by atoms with van der Waals surface area (Å²) in [7, 11) is 1.58. The molecule has 1 unspecified atom stereocenters. The molecule has 4 bridgehead atoms. The van der Waals surface area contributed by atoms with Crippen LogP contribution in [0, 0.1) is 0 Å². The normalized spacial score (nSPS) is 44.2. The second-order valence-electron chi connectivity index (χ2n) is 5.54. The van der Waals surface area contributed by atoms with Crippen molar-refractivity contribution in [1.29, 1.82) is 0 Å². The first-order chi connectivity index (χ1) is 10.3. The van der Waals surface area contributed by atoms with E-state index in [1.807, 2.05) is 30.3 Å². The van der Waals surface area contributed by atoms with Gasteiger partial charge in [0.05, 0.1) is 6.61 Å². The van der Waals surface area contributed by atoms with Gasteiger partial charge in [-0.05, 0) is 5.56 Å². The van der Waals surface area contributed by atoms with E-state index in [0.29, 0.717) is 6.61 Å². The van der Waals surface area contributed by atoms with E-state index >= 15 is 0 Å². The molecule has 3 heterocycles. The van der Waals surface area contributed by atoms with Crippen LogP contribution in [0.15, 0.2) is 30.3 Å². The average Bonchev–Trinajstić information content (AvgIpc) is 2.52. The van der Waals surface area contributed by atoms with Crippen LogP contribution >= 0.6 is 0 Å². The first-order valence-electron chi connectivity index (χ1n) is 7.10. The van der Waals surface area contributed by atoms with Gasteiger partial charge in [-0.15, -0.1) is 0 Å². The lowest BCUT2D eigenvalue weighted by Crippen LogP contribution is -2.75. The van der Waals surface area contributed by atoms with E-state index in [1.165, 1.54) is 0 Å². The Morgan fingerprint density at radius 1 is 1.00 bits per heavy atom. The molecular formula is C15H18O6. The van der Waals surface area contributed by atoms with Crippen molar-refractivity contribution in [3.05, 3.63) is 35.9 Å². The molecule has 1 aliphatic carbocycles. The quantitative estimate of drug-likeness (QED) is 0.868. The fourth-order valence-electron chi connectivity index (χ4n) is 3.31. The maximum atomic E-state index is 10.3. The zero-order chi connectivity index (χ0) is 14.4. The van der Waals surface area contributed by atoms with Gasteiger partial charge in [0.1, 0.15) is 36.6 Å². The van der Waals surface area contributed by atoms with Crippen LogP contribution in [0.25, 0.3) is 0 Å². The molecule has 1 N–H and O–H groups in total. The van der Waals surface area contributed by atoms with E-state index in [-0.39, 0.29) is 18.3 Å². The standard InChI is InChI=1S/C15H18O6/c1-17-12-10-9(16)11-13(14(12)21-15(19-10)20-11)18-7-8-5-3-2-4-6-8/h2-6,9-16H,7H2,1H3/t9-,10+,11-,12-,13+,14+,15?/m0/s1. The Labute approximate surface area is 122 Å². The third-order valence-corrected chi connectivity index (χ3v) is 4.33. The Morgan fingerprint density at radius 3 is 2.38 bits per heavy atom. The maximum Gasteiger partial charge on any atom is 0.272 e. The van der Waals surface area contributed by atoms with Crippen LogP contribution in [0.3, 0.4) is 0 Å². The van der Waals surface area contributed by atoms with Crippen molar-refractivity contribution in [1.82, 2.24) is 0 Å². The van der Waals surface area contributed by atoms with Gasteiger partial charge in [-0.1, -0.05) is 30.3 Å². The Morgan fingerprint density at radius 2 is 1.67 bits per heavy atom. The second-order valence-corrected chi connectivity index (χ2v) is 5.54. The smallest absolute Gasteiger partial charge is 0.272 e. The largest absolute Gasteiger partial charge is 0.387 e. The van der Waals surface area contributed by atoms with E-state index in [2.05, 4.69) is 0 Å². The van der Waals surface area contributed by atoms with E-state index in [1.54, 1.807) is 7.11 Å². The lowest BCUT2D eigenvalue weighted by molar-refractivity contribution is -0.485. The number of aliphatic hydroxyl groups is 1. The number of methoxy groups -OCH3 is 1. The minimum atomic E-state index is -0.771. The fraction of sp³-hybridized carbons (Fsp3) is 0.600. The highest BCUT2D eigenvalue weighted by atomic mass is 16.9. The molecule has 0 spiro atoms. The summed E-state index contributed by atoms with van der Waals surface area (Å²) < 4.78 is 28.1. The highest BCUT2D eigenvalue weighted by Crippen LogP contribution is 2.42. The van der Waals surface area contributed by atoms with Gasteiger partial charge in [0.25, 0.3) is 6.48 Å². The first kappa shape index (κ1) is 13.6. The van der Waals surface area contributed by atoms with Gasteiger partial charge < -0.3 is 28.8 Å². The molecule has 1 aromatic carbocycles. The molecule has 3 saturated heterocycles. The summed E-state index contributed by atoms with van der Waals surface area (Å²) in [4.78, 5) is 0. The summed E-state index contributed by atoms with van der Waals surface area (Å²) in [6, 6.07) is 9.86. The minimum absolute atomic E-state index is 0.287. The molecule has 114 valence electrons. The molecule has 6 nitrogen and oxygen atoms in total. The molecule has 1 saturated carbocycles. The van der Waals surface area contributed by atoms with Gasteiger partial charge in [-0.2, -0.15) is 0 Å². The third kappa shape index (κ3) is 2.19. The molecule has 21 heavy (non-hydrogen) atoms. The predicted octanol–water partition coefficient (Wildman–Crippen LogP) is 0.428. The van der Waals surface area contributed by atoms with E-state index < -0.39 is 24.8 Å². The first-order valence-corrected chi connectivity index (χ1v) is 7.10. The topological polar surface area (TPSA) is 66.4 Å². The van der Waals surface area contributed by atoms with Crippen LogP contribution in [0.2, 0.25) is 0 Å². The molecule has 7 atom stereocenters. The summed E-state index contributed by atoms with van der Waals surface area (Å²) in [6.45, 7) is -0.290. The summed E-state index contributed by atoms with van der Waals surface area (Å²) in [5.41, 5.74) is 1.06. The van der Waals surface area contributed by atoms with Crippen molar-refractivity contribution in [2.45, 2.75) is 49.7 Å². The Balaban J connectivity index is 1.52. The fourth-order valence-corrected chi connectivity index (χ4v) is 3.31. The van der Waals surface area contributed by atoms with E-state index in [4.69, 9.17) is 23.7 Å². The van der Waals surface area contributed by atoms with Gasteiger partial charge in [0, 0.05) is 7.11 Å². The van der Waals surface area contributed by atoms with Crippen molar-refractivity contribution in [3.63, 3.8) is 0 Å². The highest BCUT2D eigenvalue weighted by molar-refractivity contribution is 5.14. The predicted molar refractivity (Wildman–Crippen MR) is 70.2 cm³/mol. The van der Waals surface area contributed by atoms with Gasteiger partial charge in [0.2, 0.25) is 0 Å². The van der Waals surface area contributed by atoms with Crippen LogP contribution in [-0.2, 0) is 30.3 Å². The second kappa shape index (κ2) is 5.31. The van der Waals surface area contributed by atoms with Crippen LogP contribution in [0.1, 0.15) is 5.56 Å². The van der Waals surface area contributed by atoms with Gasteiger partial charge in [-0.25, -0.2) is 0 Å². The van der Waals surface area contributed by atoms with Crippen LogP contribution in [-0.4, -0.2) is 55.3 Å². The number of benzene rings is 1. The van der Waals surface area contributed by atoms with Crippen molar-refractivity contribution in [3.8, 4) is 0 Å². The number of ether oxygens (including phenoxy) is 5. The molecule has 4 fully saturated rings. The van der Waals surface area contributed by atoms with Gasteiger partial charge >= 0.3 is 0 Å².